The molecule has 31 atom stereocenters. The van der Waals surface area contributed by atoms with Gasteiger partial charge in [0.1, 0.15) is 146 Å². The van der Waals surface area contributed by atoms with Gasteiger partial charge in [-0.3, -0.25) is 24.0 Å². The van der Waals surface area contributed by atoms with E-state index in [1.165, 1.54) is 24.3 Å². The molecule has 7 fully saturated rings. The Labute approximate surface area is 607 Å². The van der Waals surface area contributed by atoms with E-state index in [1.54, 1.807) is 21.6 Å². The van der Waals surface area contributed by atoms with Crippen LogP contribution in [0.3, 0.4) is 0 Å². The third-order valence-electron chi connectivity index (χ3n) is 19.3. The maximum atomic E-state index is 14.3. The topological polar surface area (TPSA) is 665 Å². The van der Waals surface area contributed by atoms with Gasteiger partial charge in [0.25, 0.3) is 0 Å². The highest BCUT2D eigenvalue weighted by atomic mass is 33.1. The van der Waals surface area contributed by atoms with E-state index in [0.29, 0.717) is 11.7 Å². The normalized spacial score (nSPS) is 40.0. The summed E-state index contributed by atoms with van der Waals surface area (Å²) in [6, 6.07) is 5.65. The summed E-state index contributed by atoms with van der Waals surface area (Å²) in [6.45, 7) is -6.09. The minimum Gasteiger partial charge on any atom is -0.394 e. The first-order valence-electron chi connectivity index (χ1n) is 34.4. The van der Waals surface area contributed by atoms with E-state index in [-0.39, 0.29) is 17.8 Å². The molecule has 7 saturated heterocycles. The molecule has 27 N–H and O–H groups in total. The fourth-order valence-corrected chi connectivity index (χ4v) is 16.1. The molecule has 41 nitrogen and oxygen atoms in total. The van der Waals surface area contributed by atoms with E-state index in [2.05, 4.69) is 31.9 Å². The largest absolute Gasteiger partial charge is 0.394 e. The molecule has 0 bridgehead atoms. The van der Waals surface area contributed by atoms with Crippen LogP contribution < -0.4 is 31.9 Å². The van der Waals surface area contributed by atoms with Gasteiger partial charge in [-0.1, -0.05) is 34.1 Å². The van der Waals surface area contributed by atoms with Crippen molar-refractivity contribution in [2.45, 2.75) is 265 Å². The Morgan fingerprint density at radius 3 is 1.24 bits per heavy atom. The Morgan fingerprint density at radius 1 is 0.429 bits per heavy atom. The number of hydrogen-bond donors (Lipinski definition) is 27. The number of benzene rings is 1. The maximum absolute atomic E-state index is 14.3. The van der Waals surface area contributed by atoms with E-state index in [9.17, 15) is 131 Å². The molecule has 0 aromatic heterocycles. The molecular weight excluding hydrogens is 1450 g/mol. The number of nitrogens with one attached hydrogen (secondary N) is 6. The van der Waals surface area contributed by atoms with Gasteiger partial charge in [-0.25, -0.2) is 0 Å². The molecule has 5 amide bonds. The zero-order chi connectivity index (χ0) is 76.7. The number of anilines is 2. The van der Waals surface area contributed by atoms with Crippen LogP contribution in [0, 0.1) is 0 Å². The summed E-state index contributed by atoms with van der Waals surface area (Å²) in [5, 5.41) is 238. The monoisotopic (exact) mass is 1550 g/mol. The molecule has 0 saturated carbocycles. The van der Waals surface area contributed by atoms with Gasteiger partial charge in [0.2, 0.25) is 29.5 Å². The highest BCUT2D eigenvalue weighted by Crippen LogP contribution is 2.40. The van der Waals surface area contributed by atoms with Gasteiger partial charge in [-0.05, 0) is 56.7 Å². The number of aliphatic hydroxyl groups excluding tert-OH is 21. The van der Waals surface area contributed by atoms with Crippen LogP contribution in [-0.2, 0) is 66.6 Å². The lowest BCUT2D eigenvalue weighted by atomic mass is 9.83. The van der Waals surface area contributed by atoms with Gasteiger partial charge in [-0.2, -0.15) is 0 Å². The zero-order valence-corrected chi connectivity index (χ0v) is 58.2. The number of carbonyl (C=O) groups is 5. The number of hydrogen-bond acceptors (Lipinski definition) is 38. The fraction of sp³-hybridized carbons (Fsp3) is 0.823. The van der Waals surface area contributed by atoms with Crippen molar-refractivity contribution in [3.8, 4) is 0 Å². The molecule has 0 aliphatic carbocycles. The molecule has 7 heterocycles. The fourth-order valence-electron chi connectivity index (χ4n) is 13.1. The lowest BCUT2D eigenvalue weighted by Crippen LogP contribution is -2.66. The summed E-state index contributed by atoms with van der Waals surface area (Å²) >= 11 is 0. The standard InChI is InChI=1S/C62H100N6O35S2/c69-18-27-38(80)41(83)50(92)59(98-27)101-53-30(21-72)95-56(47(89)44(53)86)65-25-5-3-4-24(16-25)64-34(76)8-12-62(68-37(79)17-63-33(75)7-2-1-6-26-11-15-104-105-26,13-9-35(77)66-57-48(90)45(87)54(31(22-73)96-57)102-60-51(93)42(84)39(81)28(19-70)99-60)14-10-36(78)67-58-49(91)46(88)55(32(23-74)97-58)103-61-52(94)43(85)40(82)29(20-71)100-61/h3-5,16,26-32,38-61,65,69-74,80-94H,1-2,6-15,17-23H2,(H,63,75)(H,64,76)(H,66,77)(H,67,78)(H,68,79)/t26?,27-,28-,29-,30-,31-,32-,38+,39+,40+,41+,42+,43+,44-,45-,46-,47-,48-,49-,50-,51-,52-,53-,54-,55-,56?,57?,58?,59+,60+,61+,62?/m1/s1. The summed E-state index contributed by atoms with van der Waals surface area (Å²) in [7, 11) is 3.54. The first kappa shape index (κ1) is 86.5. The third kappa shape index (κ3) is 22.1. The molecular formula is C62H100N6O35S2. The molecule has 0 radical (unpaired) electrons. The number of ether oxygens (including phenoxy) is 9. The summed E-state index contributed by atoms with van der Waals surface area (Å²) in [5.41, 5.74) is -1.73. The van der Waals surface area contributed by atoms with Crippen molar-refractivity contribution in [2.75, 3.05) is 62.6 Å². The second-order valence-corrected chi connectivity index (χ2v) is 29.5. The average Bonchev–Trinajstić information content (AvgIpc) is 0.918. The van der Waals surface area contributed by atoms with Crippen LogP contribution in [0.1, 0.15) is 70.6 Å². The molecule has 43 heteroatoms. The number of amides is 5. The molecule has 4 unspecified atom stereocenters. The minimum atomic E-state index is -2.11. The molecule has 0 spiro atoms. The van der Waals surface area contributed by atoms with Crippen LogP contribution in [-0.4, -0.2) is 384 Å². The van der Waals surface area contributed by atoms with Crippen LogP contribution in [0.25, 0.3) is 0 Å². The Balaban J connectivity index is 1.00. The molecule has 1 aromatic rings. The lowest BCUT2D eigenvalue weighted by molar-refractivity contribution is -0.343. The van der Waals surface area contributed by atoms with Gasteiger partial charge < -0.3 is 182 Å². The first-order valence-corrected chi connectivity index (χ1v) is 36.7. The zero-order valence-electron chi connectivity index (χ0n) is 56.6. The molecule has 7 aliphatic heterocycles. The van der Waals surface area contributed by atoms with E-state index >= 15 is 0 Å². The predicted octanol–water partition coefficient (Wildman–Crippen LogP) is -11.8. The maximum Gasteiger partial charge on any atom is 0.239 e. The van der Waals surface area contributed by atoms with Crippen molar-refractivity contribution in [3.63, 3.8) is 0 Å². The summed E-state index contributed by atoms with van der Waals surface area (Å²) in [6.07, 6.45) is -54.8. The molecule has 7 aliphatic rings. The quantitative estimate of drug-likeness (QED) is 0.0225. The highest BCUT2D eigenvalue weighted by molar-refractivity contribution is 8.77. The second-order valence-electron chi connectivity index (χ2n) is 26.8. The SMILES string of the molecule is O=C(CCCCC1CCSS1)NCC(=O)NC(CCC(=O)Nc1cccc(NC2O[C@H](CO)[C@@H](O[C@@H]3O[C@H](CO)[C@H](O)[C@H](O)[C@H]3O)[C@H](O)[C@H]2O)c1)(CCC(=O)NC1O[C@H](CO)[C@@H](O[C@@H]2O[C@H](CO)[C@H](O)[C@H](O)[C@H]2O)[C@H](O)[C@H]1O)CCC(=O)NC1O[C@H](CO)[C@@H](O[C@@H]2O[C@H](CO)[C@H](O)[C@H](O)[C@H]2O)[C@H](O)[C@H]1O. The van der Waals surface area contributed by atoms with Crippen molar-refractivity contribution in [2.24, 2.45) is 0 Å². The highest BCUT2D eigenvalue weighted by Gasteiger charge is 2.55. The van der Waals surface area contributed by atoms with E-state index in [4.69, 9.17) is 42.6 Å². The molecule has 8 rings (SSSR count). The van der Waals surface area contributed by atoms with Crippen LogP contribution in [0.15, 0.2) is 24.3 Å². The number of unbranched alkanes of at least 4 members (excludes halogenated alkanes) is 1. The lowest BCUT2D eigenvalue weighted by Gasteiger charge is -2.46. The Kier molecular flexibility index (Phi) is 33.1. The van der Waals surface area contributed by atoms with Crippen molar-refractivity contribution < 1.29 is 174 Å². The molecule has 105 heavy (non-hydrogen) atoms. The molecule has 1 aromatic carbocycles. The van der Waals surface area contributed by atoms with Crippen LogP contribution in [0.4, 0.5) is 11.4 Å². The Bertz CT molecular complexity index is 2810. The number of aliphatic hydroxyl groups is 21. The Hall–Kier alpha value is -4.13. The van der Waals surface area contributed by atoms with Gasteiger partial charge in [0.05, 0.1) is 46.2 Å². The van der Waals surface area contributed by atoms with Gasteiger partial charge in [0, 0.05) is 53.6 Å². The smallest absolute Gasteiger partial charge is 0.239 e. The van der Waals surface area contributed by atoms with Crippen LogP contribution >= 0.6 is 21.6 Å². The summed E-state index contributed by atoms with van der Waals surface area (Å²) in [4.78, 5) is 70.3. The number of carbonyl (C=O) groups excluding carboxylic acids is 5. The van der Waals surface area contributed by atoms with Crippen molar-refractivity contribution in [3.05, 3.63) is 24.3 Å². The first-order chi connectivity index (χ1) is 50.0. The third-order valence-corrected chi connectivity index (χ3v) is 22.3. The second kappa shape index (κ2) is 40.2. The van der Waals surface area contributed by atoms with Crippen LogP contribution in [0.2, 0.25) is 0 Å². The number of rotatable bonds is 34. The summed E-state index contributed by atoms with van der Waals surface area (Å²) in [5.74, 6) is -3.24. The Morgan fingerprint density at radius 2 is 0.829 bits per heavy atom. The van der Waals surface area contributed by atoms with Gasteiger partial charge >= 0.3 is 0 Å². The van der Waals surface area contributed by atoms with Crippen molar-refractivity contribution in [1.82, 2.24) is 21.3 Å². The predicted molar refractivity (Wildman–Crippen MR) is 353 cm³/mol. The van der Waals surface area contributed by atoms with Crippen LogP contribution in [0.5, 0.6) is 0 Å². The van der Waals surface area contributed by atoms with Gasteiger partial charge in [0.15, 0.2) is 37.6 Å². The minimum absolute atomic E-state index is 0.0344. The van der Waals surface area contributed by atoms with E-state index < -0.39 is 304 Å². The van der Waals surface area contributed by atoms with E-state index in [1.807, 2.05) is 0 Å². The van der Waals surface area contributed by atoms with Crippen molar-refractivity contribution >= 4 is 62.5 Å². The molecule has 600 valence electrons. The van der Waals surface area contributed by atoms with Gasteiger partial charge in [-0.15, -0.1) is 0 Å². The average molecular weight is 1550 g/mol. The van der Waals surface area contributed by atoms with E-state index in [0.717, 1.165) is 25.0 Å². The summed E-state index contributed by atoms with van der Waals surface area (Å²) < 4.78 is 50.4. The van der Waals surface area contributed by atoms with Crippen molar-refractivity contribution in [1.29, 1.82) is 0 Å².